The van der Waals surface area contributed by atoms with Gasteiger partial charge < -0.3 is 9.84 Å². The van der Waals surface area contributed by atoms with Crippen molar-refractivity contribution >= 4 is 5.97 Å². The third-order valence-electron chi connectivity index (χ3n) is 1.87. The van der Waals surface area contributed by atoms with Gasteiger partial charge in [-0.1, -0.05) is 0 Å². The molecule has 3 nitrogen and oxygen atoms in total. The number of ether oxygens (including phenoxy) is 1. The quantitative estimate of drug-likeness (QED) is 0.858. The summed E-state index contributed by atoms with van der Waals surface area (Å²) in [5, 5.41) is 8.10. The average Bonchev–Trinajstić information content (AvgIpc) is 2.13. The van der Waals surface area contributed by atoms with Crippen LogP contribution in [-0.2, 0) is 11.0 Å². The van der Waals surface area contributed by atoms with Gasteiger partial charge in [0, 0.05) is 0 Å². The van der Waals surface area contributed by atoms with Gasteiger partial charge in [0.25, 0.3) is 0 Å². The third kappa shape index (κ3) is 3.31. The van der Waals surface area contributed by atoms with E-state index in [1.807, 2.05) is 0 Å². The fourth-order valence-electron chi connectivity index (χ4n) is 1.16. The minimum absolute atomic E-state index is 0.0148. The van der Waals surface area contributed by atoms with Gasteiger partial charge in [0.05, 0.1) is 5.56 Å². The Bertz CT molecular complexity index is 467. The zero-order valence-corrected chi connectivity index (χ0v) is 8.89. The fraction of sp³-hybridized carbons (Fsp3) is 0.300. The molecule has 1 aromatic rings. The molecular formula is C10H7F5O3. The molecule has 0 saturated heterocycles. The van der Waals surface area contributed by atoms with Crippen LogP contribution in [0.2, 0.25) is 0 Å². The van der Waals surface area contributed by atoms with Gasteiger partial charge in [-0.25, -0.2) is 4.79 Å². The van der Waals surface area contributed by atoms with Crippen LogP contribution in [0, 0.1) is 6.92 Å². The first kappa shape index (κ1) is 14.2. The number of rotatable bonds is 3. The number of carboxylic acids is 1. The molecule has 0 spiro atoms. The van der Waals surface area contributed by atoms with Gasteiger partial charge in [0.15, 0.2) is 0 Å². The zero-order valence-electron chi connectivity index (χ0n) is 8.89. The minimum Gasteiger partial charge on any atom is -0.474 e. The molecule has 100 valence electrons. The largest absolute Gasteiger partial charge is 0.501 e. The normalized spacial score (nSPS) is 12.3. The summed E-state index contributed by atoms with van der Waals surface area (Å²) in [6.45, 7) is 1.24. The number of hydrogen-bond acceptors (Lipinski definition) is 2. The number of carbonyl (C=O) groups is 1. The summed E-state index contributed by atoms with van der Waals surface area (Å²) in [5.74, 6) is -3.45. The molecule has 0 aliphatic heterocycles. The second kappa shape index (κ2) is 4.43. The van der Waals surface area contributed by atoms with E-state index in [9.17, 15) is 26.7 Å². The zero-order chi connectivity index (χ0) is 14.1. The highest BCUT2D eigenvalue weighted by molar-refractivity contribution is 5.73. The van der Waals surface area contributed by atoms with Crippen molar-refractivity contribution in [1.82, 2.24) is 0 Å². The molecule has 0 aliphatic carbocycles. The smallest absolute Gasteiger partial charge is 0.474 e. The SMILES string of the molecule is Cc1cc(OC(F)(F)C(=O)O)cc(C(F)(F)F)c1. The summed E-state index contributed by atoms with van der Waals surface area (Å²) >= 11 is 0. The van der Waals surface area contributed by atoms with E-state index in [1.54, 1.807) is 0 Å². The Hall–Kier alpha value is -1.86. The van der Waals surface area contributed by atoms with Crippen LogP contribution in [0.1, 0.15) is 11.1 Å². The molecular weight excluding hydrogens is 263 g/mol. The van der Waals surface area contributed by atoms with Gasteiger partial charge in [-0.05, 0) is 30.7 Å². The first-order chi connectivity index (χ1) is 8.02. The molecule has 0 aromatic heterocycles. The summed E-state index contributed by atoms with van der Waals surface area (Å²) in [5.41, 5.74) is -1.18. The summed E-state index contributed by atoms with van der Waals surface area (Å²) in [6, 6.07) is 1.92. The molecule has 0 unspecified atom stereocenters. The van der Waals surface area contributed by atoms with E-state index < -0.39 is 29.6 Å². The molecule has 0 fully saturated rings. The second-order valence-electron chi connectivity index (χ2n) is 3.46. The van der Waals surface area contributed by atoms with Crippen molar-refractivity contribution in [3.05, 3.63) is 29.3 Å². The highest BCUT2D eigenvalue weighted by Gasteiger charge is 2.43. The number of hydrogen-bond donors (Lipinski definition) is 1. The minimum atomic E-state index is -4.73. The number of aliphatic carboxylic acids is 1. The van der Waals surface area contributed by atoms with Crippen LogP contribution >= 0.6 is 0 Å². The van der Waals surface area contributed by atoms with Crippen molar-refractivity contribution in [3.8, 4) is 5.75 Å². The molecule has 1 N–H and O–H groups in total. The summed E-state index contributed by atoms with van der Waals surface area (Å²) < 4.78 is 66.3. The molecule has 0 saturated carbocycles. The molecule has 1 aromatic carbocycles. The van der Waals surface area contributed by atoms with Crippen LogP contribution in [-0.4, -0.2) is 17.2 Å². The topological polar surface area (TPSA) is 46.5 Å². The van der Waals surface area contributed by atoms with Crippen molar-refractivity contribution in [2.24, 2.45) is 0 Å². The molecule has 0 amide bonds. The molecule has 0 atom stereocenters. The predicted octanol–water partition coefficient (Wildman–Crippen LogP) is 3.07. The lowest BCUT2D eigenvalue weighted by Crippen LogP contribution is -2.34. The standard InChI is InChI=1S/C10H7F5O3/c1-5-2-6(9(11,12)13)4-7(3-5)18-10(14,15)8(16)17/h2-4H,1H3,(H,16,17). The Morgan fingerprint density at radius 2 is 1.72 bits per heavy atom. The Labute approximate surface area is 97.8 Å². The first-order valence-corrected chi connectivity index (χ1v) is 4.51. The number of halogens is 5. The first-order valence-electron chi connectivity index (χ1n) is 4.51. The van der Waals surface area contributed by atoms with Crippen LogP contribution in [0.15, 0.2) is 18.2 Å². The van der Waals surface area contributed by atoms with Crippen LogP contribution in [0.3, 0.4) is 0 Å². The number of aryl methyl sites for hydroxylation is 1. The average molecular weight is 270 g/mol. The lowest BCUT2D eigenvalue weighted by molar-refractivity contribution is -0.211. The number of alkyl halides is 5. The van der Waals surface area contributed by atoms with Crippen molar-refractivity contribution in [2.75, 3.05) is 0 Å². The fourth-order valence-corrected chi connectivity index (χ4v) is 1.16. The lowest BCUT2D eigenvalue weighted by atomic mass is 10.1. The van der Waals surface area contributed by atoms with E-state index in [0.29, 0.717) is 6.07 Å². The van der Waals surface area contributed by atoms with E-state index >= 15 is 0 Å². The van der Waals surface area contributed by atoms with E-state index in [0.717, 1.165) is 12.1 Å². The maximum Gasteiger partial charge on any atom is 0.501 e. The highest BCUT2D eigenvalue weighted by atomic mass is 19.4. The summed E-state index contributed by atoms with van der Waals surface area (Å²) in [4.78, 5) is 10.1. The predicted molar refractivity (Wildman–Crippen MR) is 49.4 cm³/mol. The highest BCUT2D eigenvalue weighted by Crippen LogP contribution is 2.33. The van der Waals surface area contributed by atoms with Crippen LogP contribution in [0.5, 0.6) is 5.75 Å². The third-order valence-corrected chi connectivity index (χ3v) is 1.87. The van der Waals surface area contributed by atoms with Crippen LogP contribution in [0.4, 0.5) is 22.0 Å². The molecule has 0 heterocycles. The number of carboxylic acid groups (broad SMARTS) is 1. The van der Waals surface area contributed by atoms with Gasteiger partial charge in [0.1, 0.15) is 5.75 Å². The van der Waals surface area contributed by atoms with Gasteiger partial charge in [-0.15, -0.1) is 0 Å². The molecule has 0 aliphatic rings. The summed E-state index contributed by atoms with van der Waals surface area (Å²) in [6.07, 6.45) is -9.32. The maximum absolute atomic E-state index is 12.7. The van der Waals surface area contributed by atoms with Gasteiger partial charge >= 0.3 is 18.3 Å². The Kier molecular flexibility index (Phi) is 3.50. The molecule has 18 heavy (non-hydrogen) atoms. The maximum atomic E-state index is 12.7. The second-order valence-corrected chi connectivity index (χ2v) is 3.46. The molecule has 0 radical (unpaired) electrons. The Morgan fingerprint density at radius 1 is 1.17 bits per heavy atom. The van der Waals surface area contributed by atoms with E-state index in [-0.39, 0.29) is 5.56 Å². The van der Waals surface area contributed by atoms with Crippen LogP contribution in [0.25, 0.3) is 0 Å². The van der Waals surface area contributed by atoms with E-state index in [1.165, 1.54) is 6.92 Å². The van der Waals surface area contributed by atoms with Crippen molar-refractivity contribution in [1.29, 1.82) is 0 Å². The lowest BCUT2D eigenvalue weighted by Gasteiger charge is -2.15. The van der Waals surface area contributed by atoms with E-state index in [4.69, 9.17) is 5.11 Å². The Balaban J connectivity index is 3.12. The van der Waals surface area contributed by atoms with Gasteiger partial charge in [-0.2, -0.15) is 22.0 Å². The van der Waals surface area contributed by atoms with Gasteiger partial charge in [0.2, 0.25) is 0 Å². The van der Waals surface area contributed by atoms with Crippen molar-refractivity contribution in [3.63, 3.8) is 0 Å². The van der Waals surface area contributed by atoms with Crippen LogP contribution < -0.4 is 4.74 Å². The van der Waals surface area contributed by atoms with Gasteiger partial charge in [-0.3, -0.25) is 0 Å². The van der Waals surface area contributed by atoms with Crippen molar-refractivity contribution in [2.45, 2.75) is 19.2 Å². The van der Waals surface area contributed by atoms with Crippen molar-refractivity contribution < 1.29 is 36.6 Å². The number of benzene rings is 1. The molecule has 1 rings (SSSR count). The molecule has 8 heteroatoms. The molecule has 0 bridgehead atoms. The Morgan fingerprint density at radius 3 is 2.17 bits per heavy atom. The monoisotopic (exact) mass is 270 g/mol. The van der Waals surface area contributed by atoms with E-state index in [2.05, 4.69) is 4.74 Å². The summed E-state index contributed by atoms with van der Waals surface area (Å²) in [7, 11) is 0.